The summed E-state index contributed by atoms with van der Waals surface area (Å²) in [6.07, 6.45) is 9.04. The number of hydrogen-bond donors (Lipinski definition) is 3. The number of carbonyl (C=O) groups is 3. The highest BCUT2D eigenvalue weighted by atomic mass is 16.2. The fraction of sp³-hybridized carbons (Fsp3) is 0.385. The van der Waals surface area contributed by atoms with Gasteiger partial charge in [-0.2, -0.15) is 10.2 Å². The monoisotopic (exact) mass is 538 g/mol. The average molecular weight is 539 g/mol. The Morgan fingerprint density at radius 2 is 1.87 bits per heavy atom. The largest absolute Gasteiger partial charge is 0.355 e. The molecule has 13 nitrogen and oxygen atoms in total. The first-order valence-corrected chi connectivity index (χ1v) is 12.7. The van der Waals surface area contributed by atoms with Gasteiger partial charge < -0.3 is 10.6 Å². The number of anilines is 2. The predicted octanol–water partition coefficient (Wildman–Crippen LogP) is 3.32. The van der Waals surface area contributed by atoms with Crippen molar-refractivity contribution in [2.45, 2.75) is 46.0 Å². The third-order valence-corrected chi connectivity index (χ3v) is 6.02. The topological polar surface area (TPSA) is 161 Å². The number of aromatic nitrogens is 7. The van der Waals surface area contributed by atoms with Crippen molar-refractivity contribution in [1.29, 1.82) is 0 Å². The lowest BCUT2D eigenvalue weighted by atomic mass is 10.0. The van der Waals surface area contributed by atoms with Gasteiger partial charge in [0.15, 0.2) is 5.65 Å². The number of aryl methyl sites for hydroxylation is 2. The molecule has 4 aromatic heterocycles. The van der Waals surface area contributed by atoms with Crippen molar-refractivity contribution < 1.29 is 18.7 Å². The van der Waals surface area contributed by atoms with Crippen LogP contribution in [0.1, 0.15) is 75.9 Å². The Balaban J connectivity index is 0.000000401. The van der Waals surface area contributed by atoms with Gasteiger partial charge in [-0.05, 0) is 25.2 Å². The SMILES string of the molecule is CCc1cc(NC(=O)C2CC2)nc2ccnn12.CNC(=O)c1cnc(NC(=O)c2cnn(C)c2)nc1C(C)C.[HH].[HH].[HH]. The number of rotatable bonds is 7. The molecule has 1 fully saturated rings. The van der Waals surface area contributed by atoms with Crippen LogP contribution in [0.5, 0.6) is 0 Å². The van der Waals surface area contributed by atoms with Gasteiger partial charge >= 0.3 is 0 Å². The highest BCUT2D eigenvalue weighted by molar-refractivity contribution is 6.03. The Morgan fingerprint density at radius 3 is 2.49 bits per heavy atom. The van der Waals surface area contributed by atoms with Crippen molar-refractivity contribution >= 4 is 35.1 Å². The van der Waals surface area contributed by atoms with Crippen LogP contribution in [0.3, 0.4) is 0 Å². The minimum absolute atomic E-state index is 0. The van der Waals surface area contributed by atoms with Crippen LogP contribution in [-0.4, -0.2) is 59.1 Å². The summed E-state index contributed by atoms with van der Waals surface area (Å²) in [5.74, 6) is 0.483. The molecule has 0 atom stereocenters. The average Bonchev–Trinajstić information content (AvgIpc) is 3.52. The Kier molecular flexibility index (Phi) is 8.27. The summed E-state index contributed by atoms with van der Waals surface area (Å²) in [7, 11) is 3.27. The van der Waals surface area contributed by atoms with Gasteiger partial charge in [-0.15, -0.1) is 0 Å². The molecule has 1 saturated carbocycles. The van der Waals surface area contributed by atoms with E-state index in [1.165, 1.54) is 17.1 Å². The van der Waals surface area contributed by atoms with E-state index < -0.39 is 0 Å². The van der Waals surface area contributed by atoms with Crippen molar-refractivity contribution in [3.63, 3.8) is 0 Å². The fourth-order valence-corrected chi connectivity index (χ4v) is 3.78. The highest BCUT2D eigenvalue weighted by Gasteiger charge is 2.30. The van der Waals surface area contributed by atoms with Crippen molar-refractivity contribution in [3.05, 3.63) is 59.4 Å². The lowest BCUT2D eigenvalue weighted by molar-refractivity contribution is -0.117. The third kappa shape index (κ3) is 6.61. The first kappa shape index (κ1) is 27.4. The maximum atomic E-state index is 12.1. The minimum Gasteiger partial charge on any atom is -0.355 e. The van der Waals surface area contributed by atoms with Crippen molar-refractivity contribution in [2.75, 3.05) is 17.7 Å². The zero-order valence-corrected chi connectivity index (χ0v) is 22.6. The quantitative estimate of drug-likeness (QED) is 0.323. The second-order valence-corrected chi connectivity index (χ2v) is 9.43. The molecule has 4 heterocycles. The van der Waals surface area contributed by atoms with E-state index in [0.29, 0.717) is 22.6 Å². The smallest absolute Gasteiger partial charge is 0.261 e. The number of hydrogen-bond acceptors (Lipinski definition) is 8. The maximum absolute atomic E-state index is 12.1. The molecule has 210 valence electrons. The summed E-state index contributed by atoms with van der Waals surface area (Å²) in [5.41, 5.74) is 3.21. The minimum atomic E-state index is -0.351. The summed E-state index contributed by atoms with van der Waals surface area (Å²) in [6.45, 7) is 5.89. The molecule has 0 radical (unpaired) electrons. The molecule has 1 aliphatic rings. The molecule has 0 aliphatic heterocycles. The number of amides is 3. The van der Waals surface area contributed by atoms with Crippen LogP contribution < -0.4 is 16.0 Å². The Hall–Kier alpha value is -4.68. The van der Waals surface area contributed by atoms with Gasteiger partial charge in [-0.1, -0.05) is 20.8 Å². The summed E-state index contributed by atoms with van der Waals surface area (Å²) in [6, 6.07) is 3.73. The second-order valence-electron chi connectivity index (χ2n) is 9.43. The van der Waals surface area contributed by atoms with E-state index in [1.54, 1.807) is 31.0 Å². The third-order valence-electron chi connectivity index (χ3n) is 6.02. The molecule has 13 heteroatoms. The van der Waals surface area contributed by atoms with E-state index in [1.807, 2.05) is 26.0 Å². The Labute approximate surface area is 229 Å². The van der Waals surface area contributed by atoms with Crippen LogP contribution in [0, 0.1) is 5.92 Å². The van der Waals surface area contributed by atoms with E-state index >= 15 is 0 Å². The van der Waals surface area contributed by atoms with E-state index in [2.05, 4.69) is 48.0 Å². The number of nitrogens with one attached hydrogen (secondary N) is 3. The zero-order chi connectivity index (χ0) is 28.1. The number of carbonyl (C=O) groups excluding carboxylic acids is 3. The maximum Gasteiger partial charge on any atom is 0.261 e. The number of nitrogens with zero attached hydrogens (tertiary/aromatic N) is 7. The van der Waals surface area contributed by atoms with Gasteiger partial charge in [0, 0.05) is 54.5 Å². The van der Waals surface area contributed by atoms with Crippen LogP contribution in [0.4, 0.5) is 11.8 Å². The van der Waals surface area contributed by atoms with Gasteiger partial charge in [0.1, 0.15) is 5.82 Å². The van der Waals surface area contributed by atoms with Crippen LogP contribution in [0.25, 0.3) is 5.65 Å². The molecule has 0 aromatic carbocycles. The molecular formula is C26H38N10O3. The standard InChI is InChI=1S/C14H18N6O2.C12H14N4O.3H2/c1-8(2)11-10(13(22)15-3)6-16-14(18-11)19-12(21)9-5-17-20(4)7-9;1-2-9-7-10(15-12(17)8-3-4-8)14-11-5-6-13-16(9)11;;;/h5-8H,1-4H3,(H,15,22)(H,16,18,19,21);5-8H,2-4H2,1H3,(H,14,15,17);3*1H. The van der Waals surface area contributed by atoms with E-state index in [9.17, 15) is 14.4 Å². The first-order chi connectivity index (χ1) is 18.7. The van der Waals surface area contributed by atoms with Crippen LogP contribution in [0.15, 0.2) is 36.9 Å². The van der Waals surface area contributed by atoms with E-state index in [4.69, 9.17) is 0 Å². The van der Waals surface area contributed by atoms with Gasteiger partial charge in [0.25, 0.3) is 11.8 Å². The summed E-state index contributed by atoms with van der Waals surface area (Å²) < 4.78 is 3.33. The molecule has 0 unspecified atom stereocenters. The van der Waals surface area contributed by atoms with Crippen molar-refractivity contribution in [1.82, 2.24) is 39.7 Å². The molecule has 1 aliphatic carbocycles. The normalized spacial score (nSPS) is 12.6. The summed E-state index contributed by atoms with van der Waals surface area (Å²) in [5, 5.41) is 16.2. The zero-order valence-electron chi connectivity index (χ0n) is 22.6. The highest BCUT2D eigenvalue weighted by Crippen LogP contribution is 2.30. The second kappa shape index (κ2) is 11.8. The van der Waals surface area contributed by atoms with E-state index in [0.717, 1.165) is 30.6 Å². The fourth-order valence-electron chi connectivity index (χ4n) is 3.78. The first-order valence-electron chi connectivity index (χ1n) is 12.7. The van der Waals surface area contributed by atoms with Crippen molar-refractivity contribution in [3.8, 4) is 0 Å². The molecule has 3 amide bonds. The van der Waals surface area contributed by atoms with Crippen LogP contribution in [-0.2, 0) is 18.3 Å². The van der Waals surface area contributed by atoms with Gasteiger partial charge in [0.05, 0.1) is 29.2 Å². The molecule has 5 rings (SSSR count). The summed E-state index contributed by atoms with van der Waals surface area (Å²) >= 11 is 0. The van der Waals surface area contributed by atoms with Gasteiger partial charge in [-0.25, -0.2) is 19.5 Å². The number of fused-ring (bicyclic) bond motifs is 1. The van der Waals surface area contributed by atoms with E-state index in [-0.39, 0.29) is 39.8 Å². The Morgan fingerprint density at radius 1 is 1.10 bits per heavy atom. The van der Waals surface area contributed by atoms with Crippen LogP contribution in [0.2, 0.25) is 0 Å². The molecule has 3 N–H and O–H groups in total. The molecule has 39 heavy (non-hydrogen) atoms. The predicted molar refractivity (Wildman–Crippen MR) is 151 cm³/mol. The van der Waals surface area contributed by atoms with Crippen molar-refractivity contribution in [2.24, 2.45) is 13.0 Å². The van der Waals surface area contributed by atoms with Gasteiger partial charge in [0.2, 0.25) is 11.9 Å². The summed E-state index contributed by atoms with van der Waals surface area (Å²) in [4.78, 5) is 48.2. The lowest BCUT2D eigenvalue weighted by Crippen LogP contribution is -2.22. The van der Waals surface area contributed by atoms with Gasteiger partial charge in [-0.3, -0.25) is 24.4 Å². The van der Waals surface area contributed by atoms with Crippen LogP contribution >= 0.6 is 0 Å². The molecule has 0 saturated heterocycles. The lowest BCUT2D eigenvalue weighted by Gasteiger charge is -2.12. The Bertz CT molecular complexity index is 1520. The molecule has 4 aromatic rings. The molecule has 0 bridgehead atoms. The molecular weight excluding hydrogens is 500 g/mol. The molecule has 0 spiro atoms.